The number of carbonyl (C=O) groups is 2. The highest BCUT2D eigenvalue weighted by Crippen LogP contribution is 2.27. The van der Waals surface area contributed by atoms with Crippen LogP contribution in [0, 0.1) is 23.7 Å². The third-order valence-corrected chi connectivity index (χ3v) is 6.58. The molecule has 0 saturated carbocycles. The first-order chi connectivity index (χ1) is 14.0. The van der Waals surface area contributed by atoms with E-state index in [1.807, 2.05) is 40.7 Å². The monoisotopic (exact) mass is 442 g/mol. The Morgan fingerprint density at radius 2 is 1.57 bits per heavy atom. The zero-order valence-electron chi connectivity index (χ0n) is 19.7. The highest BCUT2D eigenvalue weighted by molar-refractivity contribution is 8.13. The second-order valence-electron chi connectivity index (χ2n) is 8.48. The Labute approximate surface area is 187 Å². The molecule has 0 saturated heterocycles. The van der Waals surface area contributed by atoms with E-state index < -0.39 is 24.2 Å². The first kappa shape index (κ1) is 29.1. The van der Waals surface area contributed by atoms with E-state index in [2.05, 4.69) is 0 Å². The van der Waals surface area contributed by atoms with Crippen molar-refractivity contribution in [3.63, 3.8) is 0 Å². The van der Waals surface area contributed by atoms with Gasteiger partial charge in [0.1, 0.15) is 0 Å². The Bertz CT molecular complexity index is 586. The SMILES string of the molecule is CC[C@@H](C[C@@H](C)C(=O)/C=C/C(C)=C/[C@H](C)[C@H](O)CC)[C@H](O)[C@@H](C)[C@H](O)CC(=O)SC. The van der Waals surface area contributed by atoms with Crippen LogP contribution in [0.15, 0.2) is 23.8 Å². The minimum absolute atomic E-state index is 0.0112. The fourth-order valence-electron chi connectivity index (χ4n) is 3.55. The quantitative estimate of drug-likeness (QED) is 0.276. The summed E-state index contributed by atoms with van der Waals surface area (Å²) in [5.74, 6) is -0.826. The number of aliphatic hydroxyl groups is 3. The molecule has 0 amide bonds. The molecule has 0 radical (unpaired) electrons. The van der Waals surface area contributed by atoms with Crippen molar-refractivity contribution in [1.29, 1.82) is 0 Å². The van der Waals surface area contributed by atoms with Crippen LogP contribution >= 0.6 is 11.8 Å². The molecule has 5 nitrogen and oxygen atoms in total. The van der Waals surface area contributed by atoms with Crippen LogP contribution in [0.3, 0.4) is 0 Å². The second kappa shape index (κ2) is 15.0. The molecule has 0 heterocycles. The smallest absolute Gasteiger partial charge is 0.191 e. The molecule has 0 aliphatic carbocycles. The maximum Gasteiger partial charge on any atom is 0.191 e. The van der Waals surface area contributed by atoms with Crippen molar-refractivity contribution in [3.8, 4) is 0 Å². The molecule has 30 heavy (non-hydrogen) atoms. The van der Waals surface area contributed by atoms with Gasteiger partial charge in [-0.2, -0.15) is 0 Å². The summed E-state index contributed by atoms with van der Waals surface area (Å²) in [7, 11) is 0. The van der Waals surface area contributed by atoms with E-state index >= 15 is 0 Å². The molecule has 174 valence electrons. The molecule has 0 fully saturated rings. The fraction of sp³-hybridized carbons (Fsp3) is 0.750. The topological polar surface area (TPSA) is 94.8 Å². The molecule has 0 aromatic rings. The minimum atomic E-state index is -0.895. The number of hydrogen-bond acceptors (Lipinski definition) is 6. The average Bonchev–Trinajstić information content (AvgIpc) is 2.73. The summed E-state index contributed by atoms with van der Waals surface area (Å²) in [6.07, 6.45) is 6.81. The van der Waals surface area contributed by atoms with Crippen molar-refractivity contribution >= 4 is 22.7 Å². The molecule has 0 unspecified atom stereocenters. The van der Waals surface area contributed by atoms with Crippen molar-refractivity contribution < 1.29 is 24.9 Å². The predicted octanol–water partition coefficient (Wildman–Crippen LogP) is 4.16. The first-order valence-electron chi connectivity index (χ1n) is 11.0. The van der Waals surface area contributed by atoms with Gasteiger partial charge in [0.15, 0.2) is 10.9 Å². The number of allylic oxidation sites excluding steroid dienone is 3. The molecule has 0 bridgehead atoms. The molecule has 7 atom stereocenters. The lowest BCUT2D eigenvalue weighted by atomic mass is 9.80. The van der Waals surface area contributed by atoms with Gasteiger partial charge in [0.25, 0.3) is 0 Å². The van der Waals surface area contributed by atoms with Crippen molar-refractivity contribution in [3.05, 3.63) is 23.8 Å². The van der Waals surface area contributed by atoms with Crippen LogP contribution in [0.5, 0.6) is 0 Å². The maximum atomic E-state index is 12.5. The summed E-state index contributed by atoms with van der Waals surface area (Å²) in [4.78, 5) is 24.1. The Balaban J connectivity index is 4.93. The van der Waals surface area contributed by atoms with E-state index in [4.69, 9.17) is 0 Å². The molecule has 0 spiro atoms. The number of carbonyl (C=O) groups excluding carboxylic acids is 2. The Hall–Kier alpha value is -0.950. The van der Waals surface area contributed by atoms with E-state index in [-0.39, 0.29) is 35.1 Å². The van der Waals surface area contributed by atoms with Crippen molar-refractivity contribution in [1.82, 2.24) is 0 Å². The van der Waals surface area contributed by atoms with E-state index in [0.29, 0.717) is 19.3 Å². The fourth-order valence-corrected chi connectivity index (χ4v) is 3.88. The van der Waals surface area contributed by atoms with Gasteiger partial charge in [0.05, 0.1) is 18.3 Å². The van der Waals surface area contributed by atoms with Gasteiger partial charge in [-0.15, -0.1) is 0 Å². The summed E-state index contributed by atoms with van der Waals surface area (Å²) in [5.41, 5.74) is 0.929. The van der Waals surface area contributed by atoms with Crippen LogP contribution in [0.25, 0.3) is 0 Å². The standard InChI is InChI=1S/C24H42O5S/c1-8-19(24(29)18(6)22(27)14-23(28)30-7)13-17(5)21(26)11-10-15(3)12-16(4)20(25)9-2/h10-12,16-20,22,24-25,27,29H,8-9,13-14H2,1-7H3/b11-10+,15-12+/t16-,17+,18-,19-,20+,22+,24+/m0/s1. The zero-order chi connectivity index (χ0) is 23.4. The molecule has 0 aromatic carbocycles. The summed E-state index contributed by atoms with van der Waals surface area (Å²) in [6.45, 7) is 11.3. The summed E-state index contributed by atoms with van der Waals surface area (Å²) < 4.78 is 0. The highest BCUT2D eigenvalue weighted by atomic mass is 32.2. The number of ketones is 1. The van der Waals surface area contributed by atoms with Gasteiger partial charge in [-0.25, -0.2) is 0 Å². The minimum Gasteiger partial charge on any atom is -0.393 e. The number of hydrogen-bond donors (Lipinski definition) is 3. The molecular weight excluding hydrogens is 400 g/mol. The largest absolute Gasteiger partial charge is 0.393 e. The maximum absolute atomic E-state index is 12.5. The third-order valence-electron chi connectivity index (χ3n) is 5.96. The summed E-state index contributed by atoms with van der Waals surface area (Å²) >= 11 is 1.07. The van der Waals surface area contributed by atoms with Crippen molar-refractivity contribution in [2.75, 3.05) is 6.26 Å². The summed E-state index contributed by atoms with van der Waals surface area (Å²) in [6, 6.07) is 0. The van der Waals surface area contributed by atoms with Crippen LogP contribution in [0.1, 0.15) is 67.2 Å². The van der Waals surface area contributed by atoms with Crippen LogP contribution in [0.4, 0.5) is 0 Å². The normalized spacial score (nSPS) is 19.7. The number of thioether (sulfide) groups is 1. The van der Waals surface area contributed by atoms with Crippen molar-refractivity contribution in [2.24, 2.45) is 23.7 Å². The lowest BCUT2D eigenvalue weighted by Crippen LogP contribution is -2.37. The molecule has 3 N–H and O–H groups in total. The van der Waals surface area contributed by atoms with E-state index in [9.17, 15) is 24.9 Å². The first-order valence-corrected chi connectivity index (χ1v) is 12.2. The van der Waals surface area contributed by atoms with Gasteiger partial charge in [-0.3, -0.25) is 9.59 Å². The average molecular weight is 443 g/mol. The second-order valence-corrected chi connectivity index (χ2v) is 9.35. The highest BCUT2D eigenvalue weighted by Gasteiger charge is 2.31. The van der Waals surface area contributed by atoms with E-state index in [1.165, 1.54) is 0 Å². The van der Waals surface area contributed by atoms with Crippen LogP contribution in [-0.2, 0) is 9.59 Å². The molecule has 0 aromatic heterocycles. The lowest BCUT2D eigenvalue weighted by molar-refractivity contribution is -0.118. The molecule has 0 aliphatic heterocycles. The molecule has 6 heteroatoms. The zero-order valence-corrected chi connectivity index (χ0v) is 20.5. The van der Waals surface area contributed by atoms with E-state index in [1.54, 1.807) is 25.3 Å². The van der Waals surface area contributed by atoms with Gasteiger partial charge < -0.3 is 15.3 Å². The van der Waals surface area contributed by atoms with Gasteiger partial charge >= 0.3 is 0 Å². The Morgan fingerprint density at radius 1 is 0.967 bits per heavy atom. The Kier molecular flexibility index (Phi) is 14.5. The van der Waals surface area contributed by atoms with Crippen LogP contribution in [-0.4, -0.2) is 50.8 Å². The van der Waals surface area contributed by atoms with Gasteiger partial charge in [-0.1, -0.05) is 70.5 Å². The lowest BCUT2D eigenvalue weighted by Gasteiger charge is -2.31. The van der Waals surface area contributed by atoms with Gasteiger partial charge in [-0.05, 0) is 38.0 Å². The van der Waals surface area contributed by atoms with Gasteiger partial charge in [0, 0.05) is 24.2 Å². The number of aliphatic hydroxyl groups excluding tert-OH is 3. The predicted molar refractivity (Wildman–Crippen MR) is 125 cm³/mol. The van der Waals surface area contributed by atoms with Gasteiger partial charge in [0.2, 0.25) is 0 Å². The number of rotatable bonds is 14. The molecular formula is C24H42O5S. The van der Waals surface area contributed by atoms with Crippen LogP contribution in [0.2, 0.25) is 0 Å². The van der Waals surface area contributed by atoms with Crippen LogP contribution < -0.4 is 0 Å². The Morgan fingerprint density at radius 3 is 2.07 bits per heavy atom. The molecule has 0 rings (SSSR count). The third kappa shape index (κ3) is 10.4. The van der Waals surface area contributed by atoms with E-state index in [0.717, 1.165) is 17.3 Å². The van der Waals surface area contributed by atoms with Crippen molar-refractivity contribution in [2.45, 2.75) is 85.5 Å². The molecule has 0 aliphatic rings. The summed E-state index contributed by atoms with van der Waals surface area (Å²) in [5, 5.41) is 30.7.